The molecule has 0 spiro atoms. The molecule has 7 nitrogen and oxygen atoms in total. The zero-order chi connectivity index (χ0) is 30.8. The number of benzene rings is 4. The molecule has 220 valence electrons. The first-order valence-corrected chi connectivity index (χ1v) is 15.0. The predicted molar refractivity (Wildman–Crippen MR) is 175 cm³/mol. The van der Waals surface area contributed by atoms with E-state index in [9.17, 15) is 14.4 Å². The molecule has 43 heavy (non-hydrogen) atoms. The van der Waals surface area contributed by atoms with Gasteiger partial charge in [0, 0.05) is 31.8 Å². The summed E-state index contributed by atoms with van der Waals surface area (Å²) in [5, 5.41) is 8.61. The van der Waals surface area contributed by atoms with Crippen molar-refractivity contribution in [1.29, 1.82) is 0 Å². The first-order valence-electron chi connectivity index (χ1n) is 13.4. The number of nitrogens with one attached hydrogen (secondary N) is 3. The van der Waals surface area contributed by atoms with Crippen molar-refractivity contribution in [3.8, 4) is 5.75 Å². The lowest BCUT2D eigenvalue weighted by Crippen LogP contribution is -2.30. The number of carbonyl (C=O) groups is 3. The molecule has 1 unspecified atom stereocenters. The van der Waals surface area contributed by atoms with E-state index in [0.717, 1.165) is 4.90 Å². The van der Waals surface area contributed by atoms with E-state index in [1.807, 2.05) is 25.1 Å². The maximum Gasteiger partial charge on any atom is 0.272 e. The van der Waals surface area contributed by atoms with Crippen LogP contribution in [0.3, 0.4) is 0 Å². The number of anilines is 2. The van der Waals surface area contributed by atoms with Crippen molar-refractivity contribution in [3.05, 3.63) is 124 Å². The van der Waals surface area contributed by atoms with Gasteiger partial charge in [-0.1, -0.05) is 65.7 Å². The summed E-state index contributed by atoms with van der Waals surface area (Å²) in [4.78, 5) is 40.1. The van der Waals surface area contributed by atoms with Gasteiger partial charge < -0.3 is 20.7 Å². The summed E-state index contributed by atoms with van der Waals surface area (Å²) < 4.78 is 5.60. The van der Waals surface area contributed by atoms with Crippen LogP contribution in [-0.2, 0) is 9.59 Å². The van der Waals surface area contributed by atoms with Gasteiger partial charge in [0.05, 0.1) is 17.5 Å². The second kappa shape index (κ2) is 15.3. The predicted octanol–water partition coefficient (Wildman–Crippen LogP) is 7.92. The molecule has 10 heteroatoms. The molecule has 0 aliphatic heterocycles. The highest BCUT2D eigenvalue weighted by Crippen LogP contribution is 2.30. The topological polar surface area (TPSA) is 96.5 Å². The highest BCUT2D eigenvalue weighted by molar-refractivity contribution is 8.00. The minimum absolute atomic E-state index is 0.0531. The minimum atomic E-state index is -0.583. The van der Waals surface area contributed by atoms with E-state index in [1.54, 1.807) is 85.8 Å². The van der Waals surface area contributed by atoms with Crippen LogP contribution in [0.2, 0.25) is 10.0 Å². The van der Waals surface area contributed by atoms with Gasteiger partial charge in [-0.2, -0.15) is 0 Å². The molecule has 0 aliphatic carbocycles. The lowest BCUT2D eigenvalue weighted by molar-refractivity contribution is -0.115. The number of para-hydroxylation sites is 2. The van der Waals surface area contributed by atoms with Gasteiger partial charge in [0.1, 0.15) is 11.4 Å². The quantitative estimate of drug-likeness (QED) is 0.115. The molecule has 0 aromatic heterocycles. The van der Waals surface area contributed by atoms with Crippen LogP contribution in [0.25, 0.3) is 6.08 Å². The van der Waals surface area contributed by atoms with E-state index in [1.165, 1.54) is 17.8 Å². The van der Waals surface area contributed by atoms with Crippen LogP contribution in [0.4, 0.5) is 11.4 Å². The van der Waals surface area contributed by atoms with Gasteiger partial charge >= 0.3 is 0 Å². The first kappa shape index (κ1) is 31.7. The molecular formula is C33H29Cl2N3O4S. The minimum Gasteiger partial charge on any atom is -0.492 e. The van der Waals surface area contributed by atoms with Crippen molar-refractivity contribution in [2.24, 2.45) is 0 Å². The molecule has 0 bridgehead atoms. The third-order valence-electron chi connectivity index (χ3n) is 6.04. The fraction of sp³-hybridized carbons (Fsp3) is 0.121. The Labute approximate surface area is 264 Å². The van der Waals surface area contributed by atoms with Crippen LogP contribution < -0.4 is 20.7 Å². The maximum absolute atomic E-state index is 13.5. The van der Waals surface area contributed by atoms with Crippen LogP contribution in [-0.4, -0.2) is 29.6 Å². The fourth-order valence-corrected chi connectivity index (χ4v) is 5.36. The summed E-state index contributed by atoms with van der Waals surface area (Å²) >= 11 is 14.0. The summed E-state index contributed by atoms with van der Waals surface area (Å²) in [7, 11) is 0. The van der Waals surface area contributed by atoms with Gasteiger partial charge in [-0.15, -0.1) is 11.8 Å². The van der Waals surface area contributed by atoms with E-state index in [2.05, 4.69) is 16.0 Å². The van der Waals surface area contributed by atoms with Gasteiger partial charge in [-0.05, 0) is 74.5 Å². The monoisotopic (exact) mass is 633 g/mol. The van der Waals surface area contributed by atoms with Gasteiger partial charge in [-0.3, -0.25) is 14.4 Å². The second-order valence-corrected chi connectivity index (χ2v) is 11.4. The number of hydrogen-bond acceptors (Lipinski definition) is 5. The van der Waals surface area contributed by atoms with Gasteiger partial charge in [-0.25, -0.2) is 0 Å². The molecule has 0 heterocycles. The zero-order valence-electron chi connectivity index (χ0n) is 23.4. The van der Waals surface area contributed by atoms with Crippen molar-refractivity contribution in [3.63, 3.8) is 0 Å². The number of ether oxygens (including phenoxy) is 1. The Hall–Kier alpha value is -4.24. The molecule has 3 N–H and O–H groups in total. The molecule has 3 amide bonds. The van der Waals surface area contributed by atoms with Crippen molar-refractivity contribution < 1.29 is 19.1 Å². The highest BCUT2D eigenvalue weighted by atomic mass is 35.5. The summed E-state index contributed by atoms with van der Waals surface area (Å²) in [6.07, 6.45) is 1.44. The van der Waals surface area contributed by atoms with E-state index >= 15 is 0 Å². The van der Waals surface area contributed by atoms with Gasteiger partial charge in [0.2, 0.25) is 5.91 Å². The molecule has 0 saturated heterocycles. The zero-order valence-corrected chi connectivity index (χ0v) is 25.7. The molecule has 0 radical (unpaired) electrons. The fourth-order valence-electron chi connectivity index (χ4n) is 3.92. The van der Waals surface area contributed by atoms with E-state index in [0.29, 0.717) is 44.9 Å². The third kappa shape index (κ3) is 8.88. The Bertz CT molecular complexity index is 1630. The number of thioether (sulfide) groups is 1. The Kier molecular flexibility index (Phi) is 11.3. The average Bonchev–Trinajstić information content (AvgIpc) is 3.00. The van der Waals surface area contributed by atoms with E-state index in [-0.39, 0.29) is 11.6 Å². The Balaban J connectivity index is 1.50. The van der Waals surface area contributed by atoms with Crippen molar-refractivity contribution in [2.75, 3.05) is 17.2 Å². The first-order chi connectivity index (χ1) is 20.7. The molecule has 1 atom stereocenters. The van der Waals surface area contributed by atoms with Crippen LogP contribution in [0.1, 0.15) is 29.8 Å². The van der Waals surface area contributed by atoms with Crippen LogP contribution in [0.5, 0.6) is 5.75 Å². The number of carbonyl (C=O) groups excluding carboxylic acids is 3. The molecule has 0 fully saturated rings. The Morgan fingerprint density at radius 2 is 1.53 bits per heavy atom. The molecule has 0 saturated carbocycles. The summed E-state index contributed by atoms with van der Waals surface area (Å²) in [5.41, 5.74) is 1.77. The van der Waals surface area contributed by atoms with Crippen LogP contribution >= 0.6 is 35.0 Å². The lowest BCUT2D eigenvalue weighted by Gasteiger charge is -2.16. The van der Waals surface area contributed by atoms with E-state index in [4.69, 9.17) is 27.9 Å². The third-order valence-corrected chi connectivity index (χ3v) is 7.79. The molecular weight excluding hydrogens is 605 g/mol. The van der Waals surface area contributed by atoms with Crippen molar-refractivity contribution >= 4 is 70.1 Å². The van der Waals surface area contributed by atoms with E-state index < -0.39 is 17.1 Å². The Morgan fingerprint density at radius 3 is 2.26 bits per heavy atom. The summed E-state index contributed by atoms with van der Waals surface area (Å²) in [6, 6.07) is 27.8. The lowest BCUT2D eigenvalue weighted by atomic mass is 10.1. The smallest absolute Gasteiger partial charge is 0.272 e. The Morgan fingerprint density at radius 1 is 0.860 bits per heavy atom. The molecule has 4 aromatic rings. The molecule has 4 rings (SSSR count). The van der Waals surface area contributed by atoms with Crippen molar-refractivity contribution in [1.82, 2.24) is 5.32 Å². The highest BCUT2D eigenvalue weighted by Gasteiger charge is 2.19. The standard InChI is InChI=1S/C33H29Cl2N3O4S/c1-3-42-30-18-8-7-17-28(30)37-31(39)21(2)43-24-14-9-13-23(19-24)36-33(41)29(20-25-26(34)15-10-16-27(25)35)38-32(40)22-11-5-4-6-12-22/h4-21H,3H2,1-2H3,(H,36,41)(H,37,39)(H,38,40)/b29-20+. The average molecular weight is 635 g/mol. The normalized spacial score (nSPS) is 11.8. The molecule has 0 aliphatic rings. The SMILES string of the molecule is CCOc1ccccc1NC(=O)C(C)Sc1cccc(NC(=O)/C(=C\c2c(Cl)cccc2Cl)NC(=O)c2ccccc2)c1. The van der Waals surface area contributed by atoms with Crippen LogP contribution in [0, 0.1) is 0 Å². The number of rotatable bonds is 11. The summed E-state index contributed by atoms with van der Waals surface area (Å²) in [5.74, 6) is -0.653. The number of hydrogen-bond donors (Lipinski definition) is 3. The van der Waals surface area contributed by atoms with Gasteiger partial charge in [0.25, 0.3) is 11.8 Å². The second-order valence-electron chi connectivity index (χ2n) is 9.17. The number of halogens is 2. The largest absolute Gasteiger partial charge is 0.492 e. The van der Waals surface area contributed by atoms with Crippen molar-refractivity contribution in [2.45, 2.75) is 24.0 Å². The van der Waals surface area contributed by atoms with Gasteiger partial charge in [0.15, 0.2) is 0 Å². The number of amides is 3. The van der Waals surface area contributed by atoms with Crippen LogP contribution in [0.15, 0.2) is 108 Å². The molecule has 4 aromatic carbocycles. The summed E-state index contributed by atoms with van der Waals surface area (Å²) in [6.45, 7) is 4.15. The maximum atomic E-state index is 13.5.